The molecule has 0 aliphatic heterocycles. The number of rotatable bonds is 5. The fourth-order valence-corrected chi connectivity index (χ4v) is 1.96. The fourth-order valence-electron chi connectivity index (χ4n) is 1.96. The van der Waals surface area contributed by atoms with Crippen LogP contribution in [-0.4, -0.2) is 16.7 Å². The molecule has 7 heteroatoms. The normalized spacial score (nSPS) is 11.7. The van der Waals surface area contributed by atoms with Crippen LogP contribution in [0.1, 0.15) is 23.2 Å². The standard InChI is InChI=1S/C14H15F4N3/c1-9-10(8-20-21-9)3-2-6-19-13-5-4-11(7-12(13)15)14(16,17)18/h4-5,7-8,19H,2-3,6H2,1H3,(H,20,21). The maximum absolute atomic E-state index is 13.6. The Morgan fingerprint density at radius 2 is 2.05 bits per heavy atom. The van der Waals surface area contributed by atoms with Crippen LogP contribution in [0.5, 0.6) is 0 Å². The van der Waals surface area contributed by atoms with Crippen molar-refractivity contribution >= 4 is 5.69 Å². The Hall–Kier alpha value is -2.05. The Bertz CT molecular complexity index is 605. The fraction of sp³-hybridized carbons (Fsp3) is 0.357. The number of alkyl halides is 3. The third-order valence-electron chi connectivity index (χ3n) is 3.17. The summed E-state index contributed by atoms with van der Waals surface area (Å²) in [4.78, 5) is 0. The predicted octanol–water partition coefficient (Wildman–Crippen LogP) is 3.92. The molecule has 0 amide bonds. The molecule has 114 valence electrons. The number of hydrogen-bond acceptors (Lipinski definition) is 2. The number of aromatic nitrogens is 2. The van der Waals surface area contributed by atoms with Crippen molar-refractivity contribution < 1.29 is 17.6 Å². The molecule has 0 fully saturated rings. The molecule has 0 saturated heterocycles. The van der Waals surface area contributed by atoms with E-state index < -0.39 is 17.6 Å². The Morgan fingerprint density at radius 1 is 1.29 bits per heavy atom. The van der Waals surface area contributed by atoms with Crippen LogP contribution in [-0.2, 0) is 12.6 Å². The van der Waals surface area contributed by atoms with Crippen LogP contribution < -0.4 is 5.32 Å². The summed E-state index contributed by atoms with van der Waals surface area (Å²) in [5.74, 6) is -0.899. The van der Waals surface area contributed by atoms with E-state index in [0.29, 0.717) is 12.6 Å². The van der Waals surface area contributed by atoms with Gasteiger partial charge in [0, 0.05) is 12.2 Å². The van der Waals surface area contributed by atoms with Crippen molar-refractivity contribution in [2.24, 2.45) is 0 Å². The van der Waals surface area contributed by atoms with Gasteiger partial charge in [0.25, 0.3) is 0 Å². The molecular formula is C14H15F4N3. The first kappa shape index (κ1) is 15.3. The van der Waals surface area contributed by atoms with Crippen LogP contribution in [0.2, 0.25) is 0 Å². The van der Waals surface area contributed by atoms with Gasteiger partial charge in [0.15, 0.2) is 0 Å². The first-order valence-corrected chi connectivity index (χ1v) is 6.47. The highest BCUT2D eigenvalue weighted by Gasteiger charge is 2.31. The molecule has 0 atom stereocenters. The van der Waals surface area contributed by atoms with Gasteiger partial charge in [0.2, 0.25) is 0 Å². The largest absolute Gasteiger partial charge is 0.416 e. The number of nitrogens with zero attached hydrogens (tertiary/aromatic N) is 1. The van der Waals surface area contributed by atoms with Crippen molar-refractivity contribution in [2.45, 2.75) is 25.9 Å². The van der Waals surface area contributed by atoms with Gasteiger partial charge in [0.1, 0.15) is 5.82 Å². The number of aromatic amines is 1. The number of benzene rings is 1. The molecule has 0 aliphatic rings. The zero-order valence-corrected chi connectivity index (χ0v) is 11.4. The Kier molecular flexibility index (Phi) is 4.50. The van der Waals surface area contributed by atoms with Gasteiger partial charge in [0.05, 0.1) is 17.4 Å². The highest BCUT2D eigenvalue weighted by molar-refractivity contribution is 5.46. The molecule has 1 heterocycles. The van der Waals surface area contributed by atoms with Gasteiger partial charge in [-0.15, -0.1) is 0 Å². The summed E-state index contributed by atoms with van der Waals surface area (Å²) in [6.07, 6.45) is -1.31. The van der Waals surface area contributed by atoms with Crippen molar-refractivity contribution in [3.8, 4) is 0 Å². The maximum atomic E-state index is 13.6. The SMILES string of the molecule is Cc1[nH]ncc1CCCNc1ccc(C(F)(F)F)cc1F. The molecular weight excluding hydrogens is 286 g/mol. The summed E-state index contributed by atoms with van der Waals surface area (Å²) < 4.78 is 50.8. The number of H-pyrrole nitrogens is 1. The van der Waals surface area contributed by atoms with E-state index in [9.17, 15) is 17.6 Å². The second kappa shape index (κ2) is 6.15. The highest BCUT2D eigenvalue weighted by Crippen LogP contribution is 2.31. The molecule has 0 spiro atoms. The summed E-state index contributed by atoms with van der Waals surface area (Å²) in [7, 11) is 0. The molecule has 2 rings (SSSR count). The predicted molar refractivity (Wildman–Crippen MR) is 71.5 cm³/mol. The minimum atomic E-state index is -4.53. The molecule has 0 unspecified atom stereocenters. The summed E-state index contributed by atoms with van der Waals surface area (Å²) in [6.45, 7) is 2.37. The molecule has 21 heavy (non-hydrogen) atoms. The van der Waals surface area contributed by atoms with Gasteiger partial charge in [-0.2, -0.15) is 18.3 Å². The summed E-state index contributed by atoms with van der Waals surface area (Å²) in [5.41, 5.74) is 1.15. The average Bonchev–Trinajstić information content (AvgIpc) is 2.80. The Labute approximate surface area is 119 Å². The van der Waals surface area contributed by atoms with Crippen molar-refractivity contribution in [3.63, 3.8) is 0 Å². The van der Waals surface area contributed by atoms with Crippen LogP contribution in [0, 0.1) is 12.7 Å². The lowest BCUT2D eigenvalue weighted by Gasteiger charge is -2.11. The molecule has 0 saturated carbocycles. The van der Waals surface area contributed by atoms with Crippen molar-refractivity contribution in [3.05, 3.63) is 47.0 Å². The zero-order valence-electron chi connectivity index (χ0n) is 11.4. The van der Waals surface area contributed by atoms with Gasteiger partial charge in [-0.05, 0) is 43.5 Å². The molecule has 0 aliphatic carbocycles. The molecule has 0 radical (unpaired) electrons. The third-order valence-corrected chi connectivity index (χ3v) is 3.17. The number of nitrogens with one attached hydrogen (secondary N) is 2. The van der Waals surface area contributed by atoms with Gasteiger partial charge < -0.3 is 5.32 Å². The maximum Gasteiger partial charge on any atom is 0.416 e. The monoisotopic (exact) mass is 301 g/mol. The van der Waals surface area contributed by atoms with E-state index in [1.54, 1.807) is 6.20 Å². The lowest BCUT2D eigenvalue weighted by atomic mass is 10.1. The van der Waals surface area contributed by atoms with Gasteiger partial charge in [-0.25, -0.2) is 4.39 Å². The second-order valence-electron chi connectivity index (χ2n) is 4.74. The molecule has 0 bridgehead atoms. The van der Waals surface area contributed by atoms with Crippen LogP contribution in [0.4, 0.5) is 23.2 Å². The number of halogens is 4. The number of hydrogen-bond donors (Lipinski definition) is 2. The van der Waals surface area contributed by atoms with Crippen molar-refractivity contribution in [2.75, 3.05) is 11.9 Å². The number of anilines is 1. The van der Waals surface area contributed by atoms with Gasteiger partial charge in [-0.3, -0.25) is 5.10 Å². The molecule has 1 aromatic heterocycles. The van der Waals surface area contributed by atoms with Gasteiger partial charge >= 0.3 is 6.18 Å². The lowest BCUT2D eigenvalue weighted by molar-refractivity contribution is -0.137. The van der Waals surface area contributed by atoms with Crippen LogP contribution in [0.3, 0.4) is 0 Å². The molecule has 2 aromatic rings. The minimum Gasteiger partial charge on any atom is -0.383 e. The Balaban J connectivity index is 1.88. The minimum absolute atomic E-state index is 0.0758. The third kappa shape index (κ3) is 3.96. The van der Waals surface area contributed by atoms with E-state index in [4.69, 9.17) is 0 Å². The first-order valence-electron chi connectivity index (χ1n) is 6.47. The molecule has 2 N–H and O–H groups in total. The van der Waals surface area contributed by atoms with Crippen LogP contribution in [0.25, 0.3) is 0 Å². The average molecular weight is 301 g/mol. The topological polar surface area (TPSA) is 40.7 Å². The van der Waals surface area contributed by atoms with E-state index in [1.165, 1.54) is 0 Å². The van der Waals surface area contributed by atoms with Gasteiger partial charge in [-0.1, -0.05) is 0 Å². The summed E-state index contributed by atoms with van der Waals surface area (Å²) in [6, 6.07) is 2.48. The van der Waals surface area contributed by atoms with E-state index >= 15 is 0 Å². The Morgan fingerprint density at radius 3 is 2.62 bits per heavy atom. The smallest absolute Gasteiger partial charge is 0.383 e. The van der Waals surface area contributed by atoms with E-state index in [0.717, 1.165) is 36.2 Å². The molecule has 1 aromatic carbocycles. The lowest BCUT2D eigenvalue weighted by Crippen LogP contribution is -2.08. The number of aryl methyl sites for hydroxylation is 2. The summed E-state index contributed by atoms with van der Waals surface area (Å²) in [5, 5.41) is 9.51. The highest BCUT2D eigenvalue weighted by atomic mass is 19.4. The van der Waals surface area contributed by atoms with Crippen LogP contribution in [0.15, 0.2) is 24.4 Å². The zero-order chi connectivity index (χ0) is 15.5. The van der Waals surface area contributed by atoms with Crippen molar-refractivity contribution in [1.29, 1.82) is 0 Å². The first-order chi connectivity index (χ1) is 9.88. The molecule has 3 nitrogen and oxygen atoms in total. The van der Waals surface area contributed by atoms with E-state index in [2.05, 4.69) is 15.5 Å². The van der Waals surface area contributed by atoms with E-state index in [-0.39, 0.29) is 5.69 Å². The summed E-state index contributed by atoms with van der Waals surface area (Å²) >= 11 is 0. The van der Waals surface area contributed by atoms with Crippen molar-refractivity contribution in [1.82, 2.24) is 10.2 Å². The quantitative estimate of drug-likeness (QED) is 0.649. The van der Waals surface area contributed by atoms with Crippen LogP contribution >= 0.6 is 0 Å². The van der Waals surface area contributed by atoms with E-state index in [1.807, 2.05) is 6.92 Å². The second-order valence-corrected chi connectivity index (χ2v) is 4.74.